The van der Waals surface area contributed by atoms with Gasteiger partial charge >= 0.3 is 0 Å². The lowest BCUT2D eigenvalue weighted by molar-refractivity contribution is -0.216. The highest BCUT2D eigenvalue weighted by Crippen LogP contribution is 2.27. The molecule has 146 valence electrons. The molecule has 0 aliphatic heterocycles. The first-order valence-corrected chi connectivity index (χ1v) is 10.8. The van der Waals surface area contributed by atoms with E-state index in [1.165, 1.54) is 96.3 Å². The minimum Gasteiger partial charge on any atom is -0.353 e. The van der Waals surface area contributed by atoms with Crippen molar-refractivity contribution in [2.24, 2.45) is 0 Å². The zero-order valence-electron chi connectivity index (χ0n) is 17.3. The largest absolute Gasteiger partial charge is 0.353 e. The normalized spacial score (nSPS) is 12.0. The summed E-state index contributed by atoms with van der Waals surface area (Å²) in [4.78, 5) is 0. The van der Waals surface area contributed by atoms with Gasteiger partial charge in [0.1, 0.15) is 0 Å². The van der Waals surface area contributed by atoms with E-state index >= 15 is 0 Å². The molecular weight excluding hydrogens is 296 g/mol. The van der Waals surface area contributed by atoms with Crippen LogP contribution in [0.25, 0.3) is 0 Å². The molecule has 0 aromatic rings. The number of ether oxygens (including phenoxy) is 2. The summed E-state index contributed by atoms with van der Waals surface area (Å²) in [6, 6.07) is 0. The van der Waals surface area contributed by atoms with Gasteiger partial charge in [0.25, 0.3) is 0 Å². The van der Waals surface area contributed by atoms with Gasteiger partial charge in [-0.15, -0.1) is 0 Å². The van der Waals surface area contributed by atoms with Crippen molar-refractivity contribution in [2.45, 2.75) is 129 Å². The van der Waals surface area contributed by atoms with Crippen molar-refractivity contribution in [1.82, 2.24) is 0 Å². The predicted molar refractivity (Wildman–Crippen MR) is 107 cm³/mol. The SMILES string of the molecule is CCCCCCCCCCC(CCCCCCCCC)(OC)OC. The van der Waals surface area contributed by atoms with Crippen LogP contribution in [0.15, 0.2) is 0 Å². The smallest absolute Gasteiger partial charge is 0.167 e. The molecule has 0 amide bonds. The zero-order chi connectivity index (χ0) is 17.9. The number of methoxy groups -OCH3 is 2. The summed E-state index contributed by atoms with van der Waals surface area (Å²) in [7, 11) is 3.63. The van der Waals surface area contributed by atoms with E-state index < -0.39 is 0 Å². The van der Waals surface area contributed by atoms with Gasteiger partial charge in [-0.05, 0) is 12.8 Å². The van der Waals surface area contributed by atoms with Crippen molar-refractivity contribution in [3.63, 3.8) is 0 Å². The molecule has 2 heteroatoms. The van der Waals surface area contributed by atoms with Crippen LogP contribution < -0.4 is 0 Å². The van der Waals surface area contributed by atoms with Gasteiger partial charge in [-0.25, -0.2) is 0 Å². The third kappa shape index (κ3) is 13.2. The summed E-state index contributed by atoms with van der Waals surface area (Å²) < 4.78 is 11.5. The van der Waals surface area contributed by atoms with Crippen LogP contribution in [0.2, 0.25) is 0 Å². The summed E-state index contributed by atoms with van der Waals surface area (Å²) in [5.41, 5.74) is 0. The molecule has 0 aliphatic rings. The molecule has 0 fully saturated rings. The fraction of sp³-hybridized carbons (Fsp3) is 1.00. The van der Waals surface area contributed by atoms with Crippen molar-refractivity contribution in [2.75, 3.05) is 14.2 Å². The molecule has 2 nitrogen and oxygen atoms in total. The quantitative estimate of drug-likeness (QED) is 0.177. The standard InChI is InChI=1S/C22H46O2/c1-5-7-9-11-13-15-17-19-21-22(23-3,24-4)20-18-16-14-12-10-8-6-2/h5-21H2,1-4H3. The molecule has 0 aliphatic carbocycles. The van der Waals surface area contributed by atoms with Crippen molar-refractivity contribution in [3.8, 4) is 0 Å². The highest BCUT2D eigenvalue weighted by molar-refractivity contribution is 4.70. The fourth-order valence-corrected chi connectivity index (χ4v) is 3.50. The Morgan fingerprint density at radius 2 is 0.750 bits per heavy atom. The molecule has 0 heterocycles. The number of hydrogen-bond acceptors (Lipinski definition) is 2. The molecule has 0 atom stereocenters. The summed E-state index contributed by atoms with van der Waals surface area (Å²) in [5, 5.41) is 0. The van der Waals surface area contributed by atoms with Crippen LogP contribution in [0, 0.1) is 0 Å². The topological polar surface area (TPSA) is 18.5 Å². The Hall–Kier alpha value is -0.0800. The molecule has 0 aromatic carbocycles. The van der Waals surface area contributed by atoms with E-state index in [1.54, 1.807) is 0 Å². The first-order valence-electron chi connectivity index (χ1n) is 10.8. The van der Waals surface area contributed by atoms with Gasteiger partial charge in [0.2, 0.25) is 0 Å². The van der Waals surface area contributed by atoms with E-state index in [4.69, 9.17) is 9.47 Å². The van der Waals surface area contributed by atoms with E-state index in [0.717, 1.165) is 12.8 Å². The Kier molecular flexibility index (Phi) is 17.7. The lowest BCUT2D eigenvalue weighted by Crippen LogP contribution is -2.33. The first-order chi connectivity index (χ1) is 11.7. The molecule has 24 heavy (non-hydrogen) atoms. The minimum absolute atomic E-state index is 0.328. The maximum Gasteiger partial charge on any atom is 0.167 e. The molecule has 0 aromatic heterocycles. The molecule has 0 rings (SSSR count). The van der Waals surface area contributed by atoms with Crippen molar-refractivity contribution in [1.29, 1.82) is 0 Å². The van der Waals surface area contributed by atoms with Crippen LogP contribution in [0.4, 0.5) is 0 Å². The molecule has 0 saturated heterocycles. The molecule has 0 bridgehead atoms. The number of unbranched alkanes of at least 4 members (excludes halogenated alkanes) is 13. The second-order valence-corrected chi connectivity index (χ2v) is 7.42. The van der Waals surface area contributed by atoms with E-state index in [1.807, 2.05) is 14.2 Å². The third-order valence-electron chi connectivity index (χ3n) is 5.32. The second kappa shape index (κ2) is 17.7. The van der Waals surface area contributed by atoms with Crippen LogP contribution >= 0.6 is 0 Å². The Bertz CT molecular complexity index is 236. The predicted octanol–water partition coefficient (Wildman–Crippen LogP) is 7.65. The number of rotatable bonds is 19. The Balaban J connectivity index is 3.72. The van der Waals surface area contributed by atoms with Gasteiger partial charge < -0.3 is 9.47 Å². The maximum atomic E-state index is 5.77. The molecule has 0 saturated carbocycles. The third-order valence-corrected chi connectivity index (χ3v) is 5.32. The van der Waals surface area contributed by atoms with Gasteiger partial charge in [0.05, 0.1) is 0 Å². The van der Waals surface area contributed by atoms with Crippen molar-refractivity contribution < 1.29 is 9.47 Å². The minimum atomic E-state index is -0.328. The highest BCUT2D eigenvalue weighted by Gasteiger charge is 2.28. The number of hydrogen-bond donors (Lipinski definition) is 0. The Morgan fingerprint density at radius 1 is 0.458 bits per heavy atom. The molecule has 0 spiro atoms. The van der Waals surface area contributed by atoms with E-state index in [9.17, 15) is 0 Å². The van der Waals surface area contributed by atoms with Gasteiger partial charge in [-0.3, -0.25) is 0 Å². The van der Waals surface area contributed by atoms with Crippen LogP contribution in [-0.2, 0) is 9.47 Å². The van der Waals surface area contributed by atoms with E-state index in [2.05, 4.69) is 13.8 Å². The zero-order valence-corrected chi connectivity index (χ0v) is 17.3. The molecular formula is C22H46O2. The van der Waals surface area contributed by atoms with Crippen LogP contribution in [0.1, 0.15) is 123 Å². The monoisotopic (exact) mass is 342 g/mol. The van der Waals surface area contributed by atoms with Crippen LogP contribution in [-0.4, -0.2) is 20.0 Å². The lowest BCUT2D eigenvalue weighted by Gasteiger charge is -2.31. The summed E-state index contributed by atoms with van der Waals surface area (Å²) in [6.07, 6.45) is 22.4. The maximum absolute atomic E-state index is 5.77. The van der Waals surface area contributed by atoms with E-state index in [0.29, 0.717) is 0 Å². The Morgan fingerprint density at radius 3 is 1.04 bits per heavy atom. The Labute approximate surface area is 153 Å². The molecule has 0 unspecified atom stereocenters. The highest BCUT2D eigenvalue weighted by atomic mass is 16.7. The van der Waals surface area contributed by atoms with Crippen molar-refractivity contribution in [3.05, 3.63) is 0 Å². The van der Waals surface area contributed by atoms with Crippen LogP contribution in [0.5, 0.6) is 0 Å². The van der Waals surface area contributed by atoms with Crippen molar-refractivity contribution >= 4 is 0 Å². The fourth-order valence-electron chi connectivity index (χ4n) is 3.50. The lowest BCUT2D eigenvalue weighted by atomic mass is 9.98. The summed E-state index contributed by atoms with van der Waals surface area (Å²) >= 11 is 0. The summed E-state index contributed by atoms with van der Waals surface area (Å²) in [5.74, 6) is -0.328. The van der Waals surface area contributed by atoms with E-state index in [-0.39, 0.29) is 5.79 Å². The van der Waals surface area contributed by atoms with Gasteiger partial charge in [0, 0.05) is 27.1 Å². The average molecular weight is 343 g/mol. The van der Waals surface area contributed by atoms with Gasteiger partial charge in [-0.1, -0.05) is 97.3 Å². The second-order valence-electron chi connectivity index (χ2n) is 7.42. The summed E-state index contributed by atoms with van der Waals surface area (Å²) in [6.45, 7) is 4.55. The van der Waals surface area contributed by atoms with Gasteiger partial charge in [0.15, 0.2) is 5.79 Å². The molecule has 0 N–H and O–H groups in total. The van der Waals surface area contributed by atoms with Crippen LogP contribution in [0.3, 0.4) is 0 Å². The average Bonchev–Trinajstić information content (AvgIpc) is 2.61. The first kappa shape index (κ1) is 23.9. The van der Waals surface area contributed by atoms with Gasteiger partial charge in [-0.2, -0.15) is 0 Å². The molecule has 0 radical (unpaired) electrons.